The van der Waals surface area contributed by atoms with Crippen LogP contribution in [-0.4, -0.2) is 27.6 Å². The van der Waals surface area contributed by atoms with Crippen LogP contribution in [0, 0.1) is 5.82 Å². The molecule has 0 saturated heterocycles. The Labute approximate surface area is 113 Å². The molecule has 2 aromatic heterocycles. The summed E-state index contributed by atoms with van der Waals surface area (Å²) in [5.41, 5.74) is -0.330. The molecule has 0 saturated carbocycles. The Balaban J connectivity index is 2.26. The first kappa shape index (κ1) is 13.7. The summed E-state index contributed by atoms with van der Waals surface area (Å²) in [6.07, 6.45) is 1.02. The Bertz CT molecular complexity index is 665. The van der Waals surface area contributed by atoms with E-state index < -0.39 is 11.7 Å². The average molecular weight is 277 g/mol. The fourth-order valence-electron chi connectivity index (χ4n) is 1.52. The molecule has 1 amide bonds. The monoisotopic (exact) mass is 277 g/mol. The largest absolute Gasteiger partial charge is 0.370 e. The molecule has 0 aliphatic carbocycles. The van der Waals surface area contributed by atoms with Crippen LogP contribution >= 0.6 is 0 Å². The molecular weight excluding hydrogens is 265 g/mol. The van der Waals surface area contributed by atoms with Crippen LogP contribution in [0.3, 0.4) is 0 Å². The molecule has 0 fully saturated rings. The van der Waals surface area contributed by atoms with Crippen molar-refractivity contribution in [3.63, 3.8) is 0 Å². The molecule has 2 heterocycles. The van der Waals surface area contributed by atoms with Crippen molar-refractivity contribution in [2.24, 2.45) is 0 Å². The molecule has 0 atom stereocenters. The van der Waals surface area contributed by atoms with E-state index in [-0.39, 0.29) is 22.8 Å². The van der Waals surface area contributed by atoms with E-state index in [1.54, 1.807) is 0 Å². The summed E-state index contributed by atoms with van der Waals surface area (Å²) < 4.78 is 13.2. The highest BCUT2D eigenvalue weighted by Gasteiger charge is 2.14. The van der Waals surface area contributed by atoms with Gasteiger partial charge in [0.1, 0.15) is 11.6 Å². The van der Waals surface area contributed by atoms with Crippen LogP contribution < -0.4 is 16.2 Å². The van der Waals surface area contributed by atoms with Gasteiger partial charge in [0, 0.05) is 12.6 Å². The number of H-pyrrole nitrogens is 1. The van der Waals surface area contributed by atoms with Crippen LogP contribution in [0.5, 0.6) is 0 Å². The summed E-state index contributed by atoms with van der Waals surface area (Å²) in [7, 11) is 0. The summed E-state index contributed by atoms with van der Waals surface area (Å²) in [6, 6.07) is 3.64. The van der Waals surface area contributed by atoms with Crippen molar-refractivity contribution < 1.29 is 9.18 Å². The molecule has 3 N–H and O–H groups in total. The molecule has 0 spiro atoms. The van der Waals surface area contributed by atoms with E-state index in [0.29, 0.717) is 6.54 Å². The fraction of sp³-hybridized carbons (Fsp3) is 0.167. The molecule has 0 aliphatic heterocycles. The van der Waals surface area contributed by atoms with Crippen LogP contribution in [0.25, 0.3) is 0 Å². The van der Waals surface area contributed by atoms with Gasteiger partial charge in [-0.25, -0.2) is 14.5 Å². The van der Waals surface area contributed by atoms with Gasteiger partial charge in [-0.2, -0.15) is 5.10 Å². The number of pyridine rings is 1. The Kier molecular flexibility index (Phi) is 4.04. The summed E-state index contributed by atoms with van der Waals surface area (Å²) in [5, 5.41) is 11.1. The maximum absolute atomic E-state index is 13.2. The predicted molar refractivity (Wildman–Crippen MR) is 71.2 cm³/mol. The lowest BCUT2D eigenvalue weighted by atomic mass is 10.2. The third-order valence-electron chi connectivity index (χ3n) is 2.36. The number of aromatic amines is 1. The molecular formula is C12H12FN5O2. The van der Waals surface area contributed by atoms with Crippen molar-refractivity contribution in [2.45, 2.75) is 6.92 Å². The number of aromatic nitrogens is 3. The van der Waals surface area contributed by atoms with Crippen molar-refractivity contribution in [3.8, 4) is 0 Å². The average Bonchev–Trinajstić information content (AvgIpc) is 2.43. The maximum Gasteiger partial charge on any atom is 0.264 e. The second-order valence-electron chi connectivity index (χ2n) is 3.84. The lowest BCUT2D eigenvalue weighted by molar-refractivity contribution is 0.102. The predicted octanol–water partition coefficient (Wildman–Crippen LogP) is 0.988. The van der Waals surface area contributed by atoms with Gasteiger partial charge in [0.25, 0.3) is 11.5 Å². The number of carbonyl (C=O) groups is 1. The molecule has 0 aliphatic rings. The lowest BCUT2D eigenvalue weighted by Gasteiger charge is -2.09. The molecule has 8 heteroatoms. The maximum atomic E-state index is 13.2. The molecule has 2 aromatic rings. The SMILES string of the molecule is CCNc1ncc(F)cc1C(=O)Nc1ccc(=O)[nH]n1. The highest BCUT2D eigenvalue weighted by Crippen LogP contribution is 2.15. The molecule has 0 radical (unpaired) electrons. The van der Waals surface area contributed by atoms with Crippen molar-refractivity contribution in [3.05, 3.63) is 46.1 Å². The van der Waals surface area contributed by atoms with Crippen molar-refractivity contribution in [1.82, 2.24) is 15.2 Å². The summed E-state index contributed by atoms with van der Waals surface area (Å²) >= 11 is 0. The van der Waals surface area contributed by atoms with Crippen LogP contribution in [0.1, 0.15) is 17.3 Å². The smallest absolute Gasteiger partial charge is 0.264 e. The number of hydrogen-bond acceptors (Lipinski definition) is 5. The normalized spacial score (nSPS) is 10.1. The summed E-state index contributed by atoms with van der Waals surface area (Å²) in [4.78, 5) is 26.7. The third kappa shape index (κ3) is 3.16. The van der Waals surface area contributed by atoms with Gasteiger partial charge in [-0.15, -0.1) is 0 Å². The standard InChI is InChI=1S/C12H12FN5O2/c1-2-14-11-8(5-7(13)6-15-11)12(20)16-9-3-4-10(19)18-17-9/h3-6H,2H2,1H3,(H,14,15)(H,18,19)(H,16,17,20). The number of rotatable bonds is 4. The van der Waals surface area contributed by atoms with E-state index in [0.717, 1.165) is 12.3 Å². The fourth-order valence-corrected chi connectivity index (χ4v) is 1.52. The van der Waals surface area contributed by atoms with Crippen LogP contribution in [0.2, 0.25) is 0 Å². The highest BCUT2D eigenvalue weighted by molar-refractivity contribution is 6.06. The number of nitrogens with one attached hydrogen (secondary N) is 3. The van der Waals surface area contributed by atoms with Crippen molar-refractivity contribution in [1.29, 1.82) is 0 Å². The quantitative estimate of drug-likeness (QED) is 0.773. The minimum Gasteiger partial charge on any atom is -0.370 e. The molecule has 0 aromatic carbocycles. The molecule has 0 unspecified atom stereocenters. The first-order valence-electron chi connectivity index (χ1n) is 5.86. The number of anilines is 2. The van der Waals surface area contributed by atoms with E-state index in [4.69, 9.17) is 0 Å². The van der Waals surface area contributed by atoms with Gasteiger partial charge in [0.2, 0.25) is 0 Å². The second-order valence-corrected chi connectivity index (χ2v) is 3.84. The van der Waals surface area contributed by atoms with E-state index >= 15 is 0 Å². The number of hydrogen-bond donors (Lipinski definition) is 3. The highest BCUT2D eigenvalue weighted by atomic mass is 19.1. The van der Waals surface area contributed by atoms with Crippen LogP contribution in [0.15, 0.2) is 29.2 Å². The lowest BCUT2D eigenvalue weighted by Crippen LogP contribution is -2.18. The Morgan fingerprint density at radius 3 is 2.90 bits per heavy atom. The molecule has 2 rings (SSSR count). The summed E-state index contributed by atoms with van der Waals surface area (Å²) in [5.74, 6) is -0.768. The number of nitrogens with zero attached hydrogens (tertiary/aromatic N) is 2. The number of amides is 1. The van der Waals surface area contributed by atoms with E-state index in [1.165, 1.54) is 12.1 Å². The topological polar surface area (TPSA) is 99.8 Å². The molecule has 20 heavy (non-hydrogen) atoms. The van der Waals surface area contributed by atoms with Gasteiger partial charge in [-0.1, -0.05) is 0 Å². The van der Waals surface area contributed by atoms with Crippen molar-refractivity contribution in [2.75, 3.05) is 17.2 Å². The van der Waals surface area contributed by atoms with Gasteiger partial charge in [-0.05, 0) is 19.1 Å². The van der Waals surface area contributed by atoms with E-state index in [1.807, 2.05) is 6.92 Å². The summed E-state index contributed by atoms with van der Waals surface area (Å²) in [6.45, 7) is 2.37. The van der Waals surface area contributed by atoms with Gasteiger partial charge < -0.3 is 10.6 Å². The zero-order valence-electron chi connectivity index (χ0n) is 10.6. The number of carbonyl (C=O) groups excluding carboxylic acids is 1. The number of halogens is 1. The molecule has 104 valence electrons. The molecule has 7 nitrogen and oxygen atoms in total. The van der Waals surface area contributed by atoms with E-state index in [2.05, 4.69) is 25.8 Å². The second kappa shape index (κ2) is 5.91. The minimum atomic E-state index is -0.619. The van der Waals surface area contributed by atoms with Crippen LogP contribution in [-0.2, 0) is 0 Å². The van der Waals surface area contributed by atoms with E-state index in [9.17, 15) is 14.0 Å². The van der Waals surface area contributed by atoms with Gasteiger partial charge >= 0.3 is 0 Å². The van der Waals surface area contributed by atoms with Gasteiger partial charge in [0.15, 0.2) is 5.82 Å². The Morgan fingerprint density at radius 1 is 1.45 bits per heavy atom. The molecule has 0 bridgehead atoms. The van der Waals surface area contributed by atoms with Crippen LogP contribution in [0.4, 0.5) is 16.0 Å². The minimum absolute atomic E-state index is 0.0554. The first-order valence-corrected chi connectivity index (χ1v) is 5.86. The van der Waals surface area contributed by atoms with Gasteiger partial charge in [-0.3, -0.25) is 9.59 Å². The zero-order chi connectivity index (χ0) is 14.5. The first-order chi connectivity index (χ1) is 9.60. The van der Waals surface area contributed by atoms with Gasteiger partial charge in [0.05, 0.1) is 11.8 Å². The Morgan fingerprint density at radius 2 is 2.25 bits per heavy atom. The van der Waals surface area contributed by atoms with Crippen molar-refractivity contribution >= 4 is 17.5 Å². The zero-order valence-corrected chi connectivity index (χ0v) is 10.6. The Hall–Kier alpha value is -2.77. The third-order valence-corrected chi connectivity index (χ3v) is 2.36.